The van der Waals surface area contributed by atoms with E-state index in [2.05, 4.69) is 42.5 Å². The lowest BCUT2D eigenvalue weighted by atomic mass is 10.2. The summed E-state index contributed by atoms with van der Waals surface area (Å²) < 4.78 is 1.68. The van der Waals surface area contributed by atoms with Crippen molar-refractivity contribution in [3.63, 3.8) is 0 Å². The summed E-state index contributed by atoms with van der Waals surface area (Å²) >= 11 is 6.76. The van der Waals surface area contributed by atoms with Gasteiger partial charge in [0.15, 0.2) is 0 Å². The maximum atomic E-state index is 11.4. The highest BCUT2D eigenvalue weighted by Gasteiger charge is 2.30. The maximum Gasteiger partial charge on any atom is 0.249 e. The predicted molar refractivity (Wildman–Crippen MR) is 67.0 cm³/mol. The highest BCUT2D eigenvalue weighted by Crippen LogP contribution is 2.31. The molecule has 1 aliphatic heterocycles. The summed E-state index contributed by atoms with van der Waals surface area (Å²) in [5.41, 5.74) is 0.775. The maximum absolute atomic E-state index is 11.4. The topological polar surface area (TPSA) is 58.2 Å². The van der Waals surface area contributed by atoms with E-state index in [1.165, 1.54) is 0 Å². The fourth-order valence-corrected chi connectivity index (χ4v) is 2.71. The summed E-state index contributed by atoms with van der Waals surface area (Å²) in [4.78, 5) is 22.4. The Kier molecular flexibility index (Phi) is 3.30. The quantitative estimate of drug-likeness (QED) is 0.805. The Hall–Kier alpha value is -0.880. The van der Waals surface area contributed by atoms with Gasteiger partial charge in [0, 0.05) is 8.95 Å². The molecular formula is C10H8Br2N2O2. The van der Waals surface area contributed by atoms with Crippen molar-refractivity contribution in [2.45, 2.75) is 12.5 Å². The molecule has 16 heavy (non-hydrogen) atoms. The second kappa shape index (κ2) is 4.55. The molecule has 2 N–H and O–H groups in total. The molecule has 84 valence electrons. The van der Waals surface area contributed by atoms with Crippen LogP contribution >= 0.6 is 31.9 Å². The van der Waals surface area contributed by atoms with Crippen LogP contribution in [0, 0.1) is 0 Å². The van der Waals surface area contributed by atoms with Gasteiger partial charge < -0.3 is 5.32 Å². The highest BCUT2D eigenvalue weighted by atomic mass is 79.9. The van der Waals surface area contributed by atoms with E-state index in [0.29, 0.717) is 0 Å². The molecule has 4 nitrogen and oxygen atoms in total. The third-order valence-electron chi connectivity index (χ3n) is 2.25. The van der Waals surface area contributed by atoms with Crippen molar-refractivity contribution in [3.05, 3.63) is 27.1 Å². The number of carbonyl (C=O) groups excluding carboxylic acids is 2. The molecule has 0 aliphatic carbocycles. The molecule has 0 saturated carbocycles. The van der Waals surface area contributed by atoms with Crippen LogP contribution in [-0.2, 0) is 9.59 Å². The molecule has 0 spiro atoms. The van der Waals surface area contributed by atoms with Gasteiger partial charge >= 0.3 is 0 Å². The number of carbonyl (C=O) groups is 2. The smallest absolute Gasteiger partial charge is 0.249 e. The molecular weight excluding hydrogens is 340 g/mol. The van der Waals surface area contributed by atoms with E-state index in [1.807, 2.05) is 18.2 Å². The van der Waals surface area contributed by atoms with Crippen molar-refractivity contribution in [1.29, 1.82) is 0 Å². The van der Waals surface area contributed by atoms with Gasteiger partial charge in [-0.15, -0.1) is 0 Å². The first kappa shape index (κ1) is 11.6. The number of imide groups is 1. The van der Waals surface area contributed by atoms with Crippen molar-refractivity contribution in [2.24, 2.45) is 0 Å². The van der Waals surface area contributed by atoms with E-state index in [0.717, 1.165) is 14.6 Å². The zero-order chi connectivity index (χ0) is 11.7. The number of para-hydroxylation sites is 1. The van der Waals surface area contributed by atoms with Gasteiger partial charge in [0.05, 0.1) is 12.1 Å². The number of anilines is 1. The zero-order valence-electron chi connectivity index (χ0n) is 8.09. The Bertz CT molecular complexity index is 442. The summed E-state index contributed by atoms with van der Waals surface area (Å²) in [5.74, 6) is -0.529. The summed E-state index contributed by atoms with van der Waals surface area (Å²) in [6.07, 6.45) is 0.173. The lowest BCUT2D eigenvalue weighted by molar-refractivity contribution is -0.124. The molecule has 2 amide bonds. The van der Waals surface area contributed by atoms with Crippen LogP contribution in [0.2, 0.25) is 0 Å². The van der Waals surface area contributed by atoms with Crippen LogP contribution in [0.5, 0.6) is 0 Å². The molecule has 1 saturated heterocycles. The number of hydrogen-bond donors (Lipinski definition) is 2. The van der Waals surface area contributed by atoms with Gasteiger partial charge in [-0.1, -0.05) is 6.07 Å². The molecule has 1 fully saturated rings. The third-order valence-corrected chi connectivity index (χ3v) is 3.57. The Morgan fingerprint density at radius 1 is 1.25 bits per heavy atom. The molecule has 1 atom stereocenters. The number of benzene rings is 1. The van der Waals surface area contributed by atoms with Crippen LogP contribution in [0.25, 0.3) is 0 Å². The van der Waals surface area contributed by atoms with E-state index in [1.54, 1.807) is 0 Å². The van der Waals surface area contributed by atoms with Gasteiger partial charge in [0.1, 0.15) is 6.04 Å². The minimum atomic E-state index is -0.498. The summed E-state index contributed by atoms with van der Waals surface area (Å²) in [6, 6.07) is 5.10. The second-order valence-electron chi connectivity index (χ2n) is 3.41. The zero-order valence-corrected chi connectivity index (χ0v) is 11.3. The Balaban J connectivity index is 2.21. The van der Waals surface area contributed by atoms with Crippen molar-refractivity contribution < 1.29 is 9.59 Å². The summed E-state index contributed by atoms with van der Waals surface area (Å²) in [6.45, 7) is 0. The fraction of sp³-hybridized carbons (Fsp3) is 0.200. The minimum Gasteiger partial charge on any atom is -0.371 e. The van der Waals surface area contributed by atoms with Crippen LogP contribution in [-0.4, -0.2) is 17.9 Å². The van der Waals surface area contributed by atoms with Crippen molar-refractivity contribution in [1.82, 2.24) is 5.32 Å². The molecule has 0 radical (unpaired) electrons. The number of amides is 2. The van der Waals surface area contributed by atoms with Crippen LogP contribution < -0.4 is 10.6 Å². The molecule has 0 aromatic heterocycles. The van der Waals surface area contributed by atoms with Crippen molar-refractivity contribution >= 4 is 49.4 Å². The Morgan fingerprint density at radius 2 is 1.88 bits per heavy atom. The summed E-state index contributed by atoms with van der Waals surface area (Å²) in [5, 5.41) is 5.29. The normalized spacial score (nSPS) is 19.8. The minimum absolute atomic E-state index is 0.173. The molecule has 1 aliphatic rings. The van der Waals surface area contributed by atoms with Gasteiger partial charge in [-0.2, -0.15) is 0 Å². The lowest BCUT2D eigenvalue weighted by Crippen LogP contribution is -2.30. The van der Waals surface area contributed by atoms with Gasteiger partial charge in [-0.05, 0) is 44.0 Å². The van der Waals surface area contributed by atoms with E-state index in [4.69, 9.17) is 0 Å². The lowest BCUT2D eigenvalue weighted by Gasteiger charge is -2.13. The third kappa shape index (κ3) is 2.27. The second-order valence-corrected chi connectivity index (χ2v) is 5.12. The largest absolute Gasteiger partial charge is 0.371 e. The van der Waals surface area contributed by atoms with E-state index < -0.39 is 6.04 Å². The molecule has 6 heteroatoms. The predicted octanol–water partition coefficient (Wildman–Crippen LogP) is 2.04. The number of nitrogens with one attached hydrogen (secondary N) is 2. The van der Waals surface area contributed by atoms with Crippen LogP contribution in [0.15, 0.2) is 27.1 Å². The Morgan fingerprint density at radius 3 is 2.38 bits per heavy atom. The molecule has 0 bridgehead atoms. The SMILES string of the molecule is O=C1CC(Nc2c(Br)cccc2Br)C(=O)N1. The average molecular weight is 348 g/mol. The molecule has 1 aromatic carbocycles. The van der Waals surface area contributed by atoms with Crippen LogP contribution in [0.1, 0.15) is 6.42 Å². The first-order valence-electron chi connectivity index (χ1n) is 4.62. The van der Waals surface area contributed by atoms with Crippen molar-refractivity contribution in [3.8, 4) is 0 Å². The summed E-state index contributed by atoms with van der Waals surface area (Å²) in [7, 11) is 0. The monoisotopic (exact) mass is 346 g/mol. The first-order chi connectivity index (χ1) is 7.58. The van der Waals surface area contributed by atoms with E-state index >= 15 is 0 Å². The first-order valence-corrected chi connectivity index (χ1v) is 6.21. The van der Waals surface area contributed by atoms with E-state index in [9.17, 15) is 9.59 Å². The fourth-order valence-electron chi connectivity index (χ4n) is 1.48. The standard InChI is InChI=1S/C10H8Br2N2O2/c11-5-2-1-3-6(12)9(5)13-7-4-8(15)14-10(7)16/h1-3,7,13H,4H2,(H,14,15,16). The van der Waals surface area contributed by atoms with Gasteiger partial charge in [-0.3, -0.25) is 14.9 Å². The van der Waals surface area contributed by atoms with Gasteiger partial charge in [0.2, 0.25) is 11.8 Å². The molecule has 1 aromatic rings. The van der Waals surface area contributed by atoms with Gasteiger partial charge in [0.25, 0.3) is 0 Å². The van der Waals surface area contributed by atoms with E-state index in [-0.39, 0.29) is 18.2 Å². The van der Waals surface area contributed by atoms with Gasteiger partial charge in [-0.25, -0.2) is 0 Å². The van der Waals surface area contributed by atoms with Crippen LogP contribution in [0.4, 0.5) is 5.69 Å². The van der Waals surface area contributed by atoms with Crippen LogP contribution in [0.3, 0.4) is 0 Å². The highest BCUT2D eigenvalue weighted by molar-refractivity contribution is 9.11. The number of rotatable bonds is 2. The average Bonchev–Trinajstić information content (AvgIpc) is 2.51. The molecule has 1 unspecified atom stereocenters. The van der Waals surface area contributed by atoms with Crippen molar-refractivity contribution in [2.75, 3.05) is 5.32 Å². The Labute approximate surface area is 109 Å². The number of halogens is 2. The molecule has 2 rings (SSSR count). The molecule has 1 heterocycles. The number of hydrogen-bond acceptors (Lipinski definition) is 3.